The van der Waals surface area contributed by atoms with Crippen LogP contribution in [0.15, 0.2) is 6.20 Å². The fourth-order valence-electron chi connectivity index (χ4n) is 1.77. The number of aryl methyl sites for hydroxylation is 1. The molecule has 1 saturated heterocycles. The Balaban J connectivity index is 1.75. The van der Waals surface area contributed by atoms with Crippen molar-refractivity contribution >= 4 is 11.3 Å². The average Bonchev–Trinajstić information content (AvgIpc) is 2.88. The molecule has 1 aromatic rings. The summed E-state index contributed by atoms with van der Waals surface area (Å²) < 4.78 is 5.31. The predicted octanol–water partition coefficient (Wildman–Crippen LogP) is 0.913. The molecule has 0 saturated carbocycles. The van der Waals surface area contributed by atoms with Crippen LogP contribution in [0, 0.1) is 0 Å². The van der Waals surface area contributed by atoms with E-state index >= 15 is 0 Å². The maximum atomic E-state index is 6.15. The Bertz CT molecular complexity index is 334. The molecular weight excluding hydrogens is 222 g/mol. The molecule has 2 heterocycles. The minimum absolute atomic E-state index is 0.176. The van der Waals surface area contributed by atoms with E-state index in [-0.39, 0.29) is 5.54 Å². The van der Waals surface area contributed by atoms with E-state index < -0.39 is 0 Å². The summed E-state index contributed by atoms with van der Waals surface area (Å²) in [6.07, 6.45) is 3.96. The largest absolute Gasteiger partial charge is 0.379 e. The third-order valence-corrected chi connectivity index (χ3v) is 3.98. The highest BCUT2D eigenvalue weighted by Crippen LogP contribution is 2.15. The van der Waals surface area contributed by atoms with Crippen molar-refractivity contribution in [2.24, 2.45) is 5.73 Å². The lowest BCUT2D eigenvalue weighted by molar-refractivity contribution is 0.177. The second-order valence-electron chi connectivity index (χ2n) is 4.34. The first-order valence-corrected chi connectivity index (χ1v) is 6.54. The Morgan fingerprint density at radius 2 is 2.56 bits per heavy atom. The Hall–Kier alpha value is -0.490. The van der Waals surface area contributed by atoms with E-state index in [2.05, 4.69) is 17.2 Å². The van der Waals surface area contributed by atoms with Crippen LogP contribution in [0.3, 0.4) is 0 Å². The number of nitrogens with two attached hydrogens (primary N) is 1. The molecule has 0 amide bonds. The van der Waals surface area contributed by atoms with Crippen molar-refractivity contribution < 1.29 is 4.74 Å². The van der Waals surface area contributed by atoms with Crippen LogP contribution in [-0.4, -0.2) is 30.3 Å². The molecule has 0 aromatic carbocycles. The molecule has 5 heteroatoms. The molecule has 1 aromatic heterocycles. The Morgan fingerprint density at radius 3 is 3.19 bits per heavy atom. The summed E-state index contributed by atoms with van der Waals surface area (Å²) in [4.78, 5) is 5.69. The molecule has 1 atom stereocenters. The zero-order valence-electron chi connectivity index (χ0n) is 9.66. The molecule has 16 heavy (non-hydrogen) atoms. The molecule has 2 rings (SSSR count). The van der Waals surface area contributed by atoms with Gasteiger partial charge in [-0.15, -0.1) is 11.3 Å². The zero-order chi connectivity index (χ0) is 11.4. The first-order chi connectivity index (χ1) is 7.72. The SMILES string of the molecule is CCc1cnc(CNCC2(N)CCOC2)s1. The summed E-state index contributed by atoms with van der Waals surface area (Å²) in [5.74, 6) is 0. The second kappa shape index (κ2) is 5.23. The van der Waals surface area contributed by atoms with Gasteiger partial charge in [0.15, 0.2) is 0 Å². The van der Waals surface area contributed by atoms with E-state index in [1.54, 1.807) is 11.3 Å². The number of nitrogens with one attached hydrogen (secondary N) is 1. The first kappa shape index (κ1) is 12.0. The van der Waals surface area contributed by atoms with E-state index in [0.717, 1.165) is 37.5 Å². The molecule has 1 unspecified atom stereocenters. The van der Waals surface area contributed by atoms with Crippen molar-refractivity contribution in [2.75, 3.05) is 19.8 Å². The Morgan fingerprint density at radius 1 is 1.69 bits per heavy atom. The third-order valence-electron chi connectivity index (χ3n) is 2.84. The van der Waals surface area contributed by atoms with Gasteiger partial charge in [0, 0.05) is 30.8 Å². The quantitative estimate of drug-likeness (QED) is 0.804. The predicted molar refractivity (Wildman–Crippen MR) is 65.6 cm³/mol. The van der Waals surface area contributed by atoms with Gasteiger partial charge in [-0.25, -0.2) is 4.98 Å². The van der Waals surface area contributed by atoms with Gasteiger partial charge in [0.1, 0.15) is 5.01 Å². The molecule has 90 valence electrons. The molecule has 0 aliphatic carbocycles. The van der Waals surface area contributed by atoms with Gasteiger partial charge in [-0.2, -0.15) is 0 Å². The van der Waals surface area contributed by atoms with Crippen molar-refractivity contribution in [3.63, 3.8) is 0 Å². The lowest BCUT2D eigenvalue weighted by Crippen LogP contribution is -2.49. The maximum absolute atomic E-state index is 6.15. The number of thiazole rings is 1. The summed E-state index contributed by atoms with van der Waals surface area (Å²) in [6, 6.07) is 0. The number of hydrogen-bond donors (Lipinski definition) is 2. The normalized spacial score (nSPS) is 25.1. The lowest BCUT2D eigenvalue weighted by atomic mass is 10.0. The fourth-order valence-corrected chi connectivity index (χ4v) is 2.61. The summed E-state index contributed by atoms with van der Waals surface area (Å²) in [5, 5.41) is 4.50. The second-order valence-corrected chi connectivity index (χ2v) is 5.54. The van der Waals surface area contributed by atoms with Crippen molar-refractivity contribution in [1.29, 1.82) is 0 Å². The molecule has 0 radical (unpaired) electrons. The topological polar surface area (TPSA) is 60.2 Å². The summed E-state index contributed by atoms with van der Waals surface area (Å²) in [5.41, 5.74) is 5.97. The number of ether oxygens (including phenoxy) is 1. The molecule has 0 bridgehead atoms. The van der Waals surface area contributed by atoms with Gasteiger partial charge in [0.2, 0.25) is 0 Å². The Labute approximate surface area is 100 Å². The van der Waals surface area contributed by atoms with Gasteiger partial charge in [-0.05, 0) is 12.8 Å². The lowest BCUT2D eigenvalue weighted by Gasteiger charge is -2.21. The van der Waals surface area contributed by atoms with Gasteiger partial charge in [0.25, 0.3) is 0 Å². The van der Waals surface area contributed by atoms with Crippen LogP contribution in [-0.2, 0) is 17.7 Å². The average molecular weight is 241 g/mol. The zero-order valence-corrected chi connectivity index (χ0v) is 10.5. The highest BCUT2D eigenvalue weighted by atomic mass is 32.1. The third kappa shape index (κ3) is 3.01. The van der Waals surface area contributed by atoms with E-state index in [0.29, 0.717) is 6.61 Å². The van der Waals surface area contributed by atoms with Gasteiger partial charge < -0.3 is 15.8 Å². The molecule has 1 aliphatic heterocycles. The highest BCUT2D eigenvalue weighted by Gasteiger charge is 2.29. The summed E-state index contributed by atoms with van der Waals surface area (Å²) >= 11 is 1.77. The van der Waals surface area contributed by atoms with E-state index in [4.69, 9.17) is 10.5 Å². The highest BCUT2D eigenvalue weighted by molar-refractivity contribution is 7.11. The number of nitrogens with zero attached hydrogens (tertiary/aromatic N) is 1. The number of aromatic nitrogens is 1. The van der Waals surface area contributed by atoms with Crippen LogP contribution in [0.2, 0.25) is 0 Å². The first-order valence-electron chi connectivity index (χ1n) is 5.73. The van der Waals surface area contributed by atoms with Crippen molar-refractivity contribution in [3.8, 4) is 0 Å². The van der Waals surface area contributed by atoms with Crippen molar-refractivity contribution in [2.45, 2.75) is 31.8 Å². The molecular formula is C11H19N3OS. The van der Waals surface area contributed by atoms with Gasteiger partial charge in [-0.1, -0.05) is 6.92 Å². The summed E-state index contributed by atoms with van der Waals surface area (Å²) in [7, 11) is 0. The van der Waals surface area contributed by atoms with Gasteiger partial charge in [-0.3, -0.25) is 0 Å². The maximum Gasteiger partial charge on any atom is 0.107 e. The van der Waals surface area contributed by atoms with E-state index in [9.17, 15) is 0 Å². The molecule has 3 N–H and O–H groups in total. The monoisotopic (exact) mass is 241 g/mol. The standard InChI is InChI=1S/C11H19N3OS/c1-2-9-5-14-10(16-9)6-13-7-11(12)3-4-15-8-11/h5,13H,2-4,6-8,12H2,1H3. The van der Waals surface area contributed by atoms with Crippen LogP contribution in [0.1, 0.15) is 23.2 Å². The van der Waals surface area contributed by atoms with Crippen LogP contribution >= 0.6 is 11.3 Å². The number of hydrogen-bond acceptors (Lipinski definition) is 5. The molecule has 1 fully saturated rings. The summed E-state index contributed by atoms with van der Waals surface area (Å²) in [6.45, 7) is 5.21. The smallest absolute Gasteiger partial charge is 0.107 e. The Kier molecular flexibility index (Phi) is 3.91. The van der Waals surface area contributed by atoms with Crippen LogP contribution in [0.4, 0.5) is 0 Å². The van der Waals surface area contributed by atoms with Gasteiger partial charge >= 0.3 is 0 Å². The molecule has 4 nitrogen and oxygen atoms in total. The van der Waals surface area contributed by atoms with Crippen LogP contribution < -0.4 is 11.1 Å². The minimum atomic E-state index is -0.176. The van der Waals surface area contributed by atoms with Crippen LogP contribution in [0.25, 0.3) is 0 Å². The fraction of sp³-hybridized carbons (Fsp3) is 0.727. The number of rotatable bonds is 5. The van der Waals surface area contributed by atoms with Crippen molar-refractivity contribution in [3.05, 3.63) is 16.1 Å². The van der Waals surface area contributed by atoms with E-state index in [1.807, 2.05) is 6.20 Å². The van der Waals surface area contributed by atoms with E-state index in [1.165, 1.54) is 4.88 Å². The molecule has 0 spiro atoms. The molecule has 1 aliphatic rings. The van der Waals surface area contributed by atoms with Crippen molar-refractivity contribution in [1.82, 2.24) is 10.3 Å². The minimum Gasteiger partial charge on any atom is -0.379 e. The van der Waals surface area contributed by atoms with Gasteiger partial charge in [0.05, 0.1) is 12.1 Å². The van der Waals surface area contributed by atoms with Crippen LogP contribution in [0.5, 0.6) is 0 Å².